The average molecular weight is 1050 g/mol. The molecule has 2 aromatic carbocycles. The van der Waals surface area contributed by atoms with Crippen LogP contribution in [0.1, 0.15) is 72.0 Å². The van der Waals surface area contributed by atoms with Crippen molar-refractivity contribution in [1.82, 2.24) is 0 Å². The molecule has 0 saturated carbocycles. The second-order valence-electron chi connectivity index (χ2n) is 15.8. The topological polar surface area (TPSA) is 83.1 Å². The van der Waals surface area contributed by atoms with Gasteiger partial charge in [-0.2, -0.15) is 74.6 Å². The van der Waals surface area contributed by atoms with Crippen LogP contribution in [0.4, 0.5) is 93.9 Å². The molecule has 0 aliphatic rings. The first-order chi connectivity index (χ1) is 31.4. The summed E-state index contributed by atoms with van der Waals surface area (Å²) in [5.74, 6) is -59.5. The highest BCUT2D eigenvalue weighted by molar-refractivity contribution is 6.76. The van der Waals surface area contributed by atoms with Gasteiger partial charge < -0.3 is 18.6 Å². The smallest absolute Gasteiger partial charge is 0.460 e. The number of carbonyl (C=O) groups excluding carboxylic acids is 2. The number of allylic oxidation sites excluding steroid dienone is 3. The summed E-state index contributed by atoms with van der Waals surface area (Å²) in [6.45, 7) is 5.95. The standard InChI is InChI=1S/C42H46F19NO6Si/c1-6-65-33(63)13-11-9-7-8-10-12-32(68-34(64)62-31-19-16-28(43)24-30(31)44)27-14-17-29(18-15-27)66-21-22-67-69(25(2)3,26(4)5)23-20-35(45,46)36(47,48)37(49,50)38(51,52)39(53,54)40(55,56)41(57,58)42(59,60)61/h7,9,11,13-19,24-26,32H,6,8,10,12,20-23H2,1-5H3,(H,62,64)/b9-7+,13-11+/t32-/m1/s1. The Bertz CT molecular complexity index is 2050. The van der Waals surface area contributed by atoms with E-state index in [1.54, 1.807) is 19.1 Å². The Morgan fingerprint density at radius 3 is 1.74 bits per heavy atom. The minimum Gasteiger partial charge on any atom is -0.491 e. The van der Waals surface area contributed by atoms with E-state index in [1.807, 2.05) is 0 Å². The number of nitrogens with one attached hydrogen (secondary N) is 1. The van der Waals surface area contributed by atoms with Crippen molar-refractivity contribution in [1.29, 1.82) is 0 Å². The number of esters is 1. The van der Waals surface area contributed by atoms with Gasteiger partial charge >= 0.3 is 59.7 Å². The van der Waals surface area contributed by atoms with Crippen LogP contribution >= 0.6 is 0 Å². The van der Waals surface area contributed by atoms with Gasteiger partial charge in [-0.25, -0.2) is 18.4 Å². The fourth-order valence-corrected chi connectivity index (χ4v) is 11.1. The number of ether oxygens (including phenoxy) is 3. The third-order valence-electron chi connectivity index (χ3n) is 10.6. The zero-order chi connectivity index (χ0) is 53.2. The molecule has 0 unspecified atom stereocenters. The van der Waals surface area contributed by atoms with Gasteiger partial charge in [0.05, 0.1) is 18.9 Å². The number of benzene rings is 2. The van der Waals surface area contributed by atoms with E-state index in [0.717, 1.165) is 12.1 Å². The zero-order valence-electron chi connectivity index (χ0n) is 36.9. The molecular weight excluding hydrogens is 1000 g/mol. The number of anilines is 1. The van der Waals surface area contributed by atoms with Gasteiger partial charge in [0, 0.05) is 18.6 Å². The lowest BCUT2D eigenvalue weighted by Gasteiger charge is -2.44. The molecule has 27 heteroatoms. The predicted octanol–water partition coefficient (Wildman–Crippen LogP) is 14.7. The summed E-state index contributed by atoms with van der Waals surface area (Å²) in [5, 5.41) is 2.15. The molecule has 0 fully saturated rings. The Labute approximate surface area is 383 Å². The lowest BCUT2D eigenvalue weighted by Crippen LogP contribution is -2.74. The van der Waals surface area contributed by atoms with E-state index in [0.29, 0.717) is 24.5 Å². The van der Waals surface area contributed by atoms with Crippen molar-refractivity contribution in [2.24, 2.45) is 0 Å². The van der Waals surface area contributed by atoms with Crippen LogP contribution in [0.3, 0.4) is 0 Å². The third-order valence-corrected chi connectivity index (χ3v) is 16.2. The number of halogens is 19. The highest BCUT2D eigenvalue weighted by Gasteiger charge is 2.95. The highest BCUT2D eigenvalue weighted by Crippen LogP contribution is 2.64. The average Bonchev–Trinajstić information content (AvgIpc) is 3.22. The van der Waals surface area contributed by atoms with Gasteiger partial charge in [0.25, 0.3) is 0 Å². The summed E-state index contributed by atoms with van der Waals surface area (Å²) in [6, 6.07) is 6.53. The summed E-state index contributed by atoms with van der Waals surface area (Å²) in [4.78, 5) is 24.2. The van der Waals surface area contributed by atoms with Gasteiger partial charge in [-0.3, -0.25) is 5.32 Å². The van der Waals surface area contributed by atoms with E-state index in [1.165, 1.54) is 64.1 Å². The Morgan fingerprint density at radius 1 is 0.696 bits per heavy atom. The molecule has 69 heavy (non-hydrogen) atoms. The van der Waals surface area contributed by atoms with Crippen molar-refractivity contribution in [2.45, 2.75) is 131 Å². The molecule has 0 aliphatic carbocycles. The van der Waals surface area contributed by atoms with Crippen molar-refractivity contribution in [2.75, 3.05) is 25.1 Å². The fourth-order valence-electron chi connectivity index (χ4n) is 6.60. The molecule has 0 saturated heterocycles. The van der Waals surface area contributed by atoms with Crippen LogP contribution in [0.5, 0.6) is 5.75 Å². The van der Waals surface area contributed by atoms with Crippen LogP contribution < -0.4 is 10.1 Å². The van der Waals surface area contributed by atoms with Crippen molar-refractivity contribution >= 4 is 26.1 Å². The van der Waals surface area contributed by atoms with Crippen LogP contribution in [-0.4, -0.2) is 87.8 Å². The van der Waals surface area contributed by atoms with E-state index in [4.69, 9.17) is 18.6 Å². The van der Waals surface area contributed by atoms with E-state index in [2.05, 4.69) is 5.32 Å². The van der Waals surface area contributed by atoms with Gasteiger partial charge in [-0.15, -0.1) is 0 Å². The van der Waals surface area contributed by atoms with E-state index in [-0.39, 0.29) is 18.8 Å². The molecule has 1 atom stereocenters. The van der Waals surface area contributed by atoms with E-state index < -0.39 is 128 Å². The monoisotopic (exact) mass is 1050 g/mol. The molecule has 0 heterocycles. The summed E-state index contributed by atoms with van der Waals surface area (Å²) < 4.78 is 285. The van der Waals surface area contributed by atoms with Crippen LogP contribution in [-0.2, 0) is 18.7 Å². The maximum absolute atomic E-state index is 15.0. The lowest BCUT2D eigenvalue weighted by atomic mass is 9.88. The summed E-state index contributed by atoms with van der Waals surface area (Å²) in [5.41, 5.74) is -1.89. The van der Waals surface area contributed by atoms with Gasteiger partial charge in [-0.05, 0) is 73.1 Å². The maximum atomic E-state index is 15.0. The third kappa shape index (κ3) is 13.4. The first-order valence-electron chi connectivity index (χ1n) is 20.4. The molecule has 0 radical (unpaired) electrons. The van der Waals surface area contributed by atoms with Crippen LogP contribution in [0.25, 0.3) is 0 Å². The number of carbonyl (C=O) groups is 2. The molecular formula is C42H46F19NO6Si. The first kappa shape index (κ1) is 60.4. The molecule has 7 nitrogen and oxygen atoms in total. The normalized spacial score (nSPS) is 14.5. The van der Waals surface area contributed by atoms with E-state index >= 15 is 8.78 Å². The second-order valence-corrected chi connectivity index (χ2v) is 20.8. The molecule has 1 amide bonds. The van der Waals surface area contributed by atoms with Gasteiger partial charge in [0.2, 0.25) is 0 Å². The highest BCUT2D eigenvalue weighted by atomic mass is 28.4. The molecule has 0 spiro atoms. The molecule has 2 aromatic rings. The summed E-state index contributed by atoms with van der Waals surface area (Å²) in [7, 11) is -4.04. The molecule has 0 aromatic heterocycles. The Kier molecular flexibility index (Phi) is 20.2. The molecule has 2 rings (SSSR count). The number of amides is 1. The van der Waals surface area contributed by atoms with Crippen LogP contribution in [0.15, 0.2) is 66.8 Å². The molecule has 1 N–H and O–H groups in total. The Hall–Kier alpha value is -4.69. The number of unbranched alkanes of at least 4 members (excludes halogenated alkanes) is 1. The van der Waals surface area contributed by atoms with Gasteiger partial charge in [-0.1, -0.05) is 58.1 Å². The number of alkyl halides is 17. The maximum Gasteiger partial charge on any atom is 0.460 e. The second kappa shape index (κ2) is 23.0. The molecule has 392 valence electrons. The number of hydrogen-bond acceptors (Lipinski definition) is 6. The van der Waals surface area contributed by atoms with Crippen molar-refractivity contribution in [3.05, 3.63) is 84.0 Å². The SMILES string of the molecule is CCOC(=O)/C=C/C=C/CCC[C@@H](OC(=O)Nc1ccc(F)cc1F)c1ccc(OCCO[Si](CCC(F)(F)C(F)(F)C(F)(F)C(F)(F)C(F)(F)C(F)(F)C(F)(F)C(F)(F)F)(C(C)C)C(C)C)cc1. The van der Waals surface area contributed by atoms with E-state index in [9.17, 15) is 84.2 Å². The van der Waals surface area contributed by atoms with Crippen LogP contribution in [0.2, 0.25) is 17.1 Å². The van der Waals surface area contributed by atoms with Gasteiger partial charge in [0.15, 0.2) is 8.32 Å². The Balaban J connectivity index is 2.26. The summed E-state index contributed by atoms with van der Waals surface area (Å²) in [6.07, 6.45) is -5.78. The quantitative estimate of drug-likeness (QED) is 0.0252. The Morgan fingerprint density at radius 2 is 1.23 bits per heavy atom. The molecule has 0 aliphatic heterocycles. The van der Waals surface area contributed by atoms with Crippen molar-refractivity contribution < 1.29 is 112 Å². The first-order valence-corrected chi connectivity index (χ1v) is 22.7. The minimum atomic E-state index is -8.72. The number of hydrogen-bond donors (Lipinski definition) is 1. The lowest BCUT2D eigenvalue weighted by molar-refractivity contribution is -0.461. The predicted molar refractivity (Wildman–Crippen MR) is 212 cm³/mol. The number of rotatable bonds is 26. The van der Waals surface area contributed by atoms with Crippen molar-refractivity contribution in [3.63, 3.8) is 0 Å². The fraction of sp³-hybridized carbons (Fsp3) is 0.571. The van der Waals surface area contributed by atoms with Gasteiger partial charge in [0.1, 0.15) is 30.1 Å². The minimum absolute atomic E-state index is 0.0707. The van der Waals surface area contributed by atoms with Crippen LogP contribution in [0, 0.1) is 11.6 Å². The molecule has 0 bridgehead atoms. The zero-order valence-corrected chi connectivity index (χ0v) is 37.9. The largest absolute Gasteiger partial charge is 0.491 e. The van der Waals surface area contributed by atoms with Crippen molar-refractivity contribution in [3.8, 4) is 5.75 Å². The summed E-state index contributed by atoms with van der Waals surface area (Å²) >= 11 is 0.